The highest BCUT2D eigenvalue weighted by Crippen LogP contribution is 2.29. The van der Waals surface area contributed by atoms with Gasteiger partial charge in [0.2, 0.25) is 5.95 Å². The molecule has 5 rings (SSSR count). The van der Waals surface area contributed by atoms with E-state index in [2.05, 4.69) is 25.5 Å². The van der Waals surface area contributed by atoms with Gasteiger partial charge < -0.3 is 10.2 Å². The summed E-state index contributed by atoms with van der Waals surface area (Å²) >= 11 is 0. The summed E-state index contributed by atoms with van der Waals surface area (Å²) in [6.07, 6.45) is 6.58. The molecule has 4 aromatic rings. The van der Waals surface area contributed by atoms with Gasteiger partial charge in [-0.05, 0) is 47.0 Å². The van der Waals surface area contributed by atoms with Crippen LogP contribution >= 0.6 is 0 Å². The van der Waals surface area contributed by atoms with E-state index in [-0.39, 0.29) is 0 Å². The first-order chi connectivity index (χ1) is 15.0. The standard InChI is InChI=1S/C22H20N6O2S/c1-31(29,30)20-7-4-16-13-28(14-17(16)10-20)22-23-9-8-21(27-22)26-19-5-2-15(3-6-19)18-11-24-25-12-18/h2-12H,13-14H2,1H3,(H,24,25)(H,23,26,27). The van der Waals surface area contributed by atoms with Crippen LogP contribution in [0.15, 0.2) is 72.0 Å². The molecule has 0 unspecified atom stereocenters. The summed E-state index contributed by atoms with van der Waals surface area (Å²) in [6.45, 7) is 1.21. The minimum absolute atomic E-state index is 0.336. The number of benzene rings is 2. The smallest absolute Gasteiger partial charge is 0.227 e. The van der Waals surface area contributed by atoms with Gasteiger partial charge >= 0.3 is 0 Å². The van der Waals surface area contributed by atoms with E-state index in [1.165, 1.54) is 6.26 Å². The Hall–Kier alpha value is -3.72. The van der Waals surface area contributed by atoms with Gasteiger partial charge in [-0.1, -0.05) is 18.2 Å². The van der Waals surface area contributed by atoms with E-state index in [9.17, 15) is 8.42 Å². The second kappa shape index (κ2) is 7.51. The predicted molar refractivity (Wildman–Crippen MR) is 119 cm³/mol. The molecule has 0 saturated heterocycles. The quantitative estimate of drug-likeness (QED) is 0.497. The minimum Gasteiger partial charge on any atom is -0.340 e. The average Bonchev–Trinajstić information content (AvgIpc) is 3.43. The molecular formula is C22H20N6O2S. The van der Waals surface area contributed by atoms with Gasteiger partial charge in [0.15, 0.2) is 9.84 Å². The second-order valence-corrected chi connectivity index (χ2v) is 9.51. The van der Waals surface area contributed by atoms with Gasteiger partial charge in [0.25, 0.3) is 0 Å². The first-order valence-corrected chi connectivity index (χ1v) is 11.6. The zero-order valence-corrected chi connectivity index (χ0v) is 17.6. The summed E-state index contributed by atoms with van der Waals surface area (Å²) in [5.41, 5.74) is 5.10. The monoisotopic (exact) mass is 432 g/mol. The first-order valence-electron chi connectivity index (χ1n) is 9.72. The summed E-state index contributed by atoms with van der Waals surface area (Å²) in [7, 11) is -3.23. The summed E-state index contributed by atoms with van der Waals surface area (Å²) in [5.74, 6) is 1.28. The van der Waals surface area contributed by atoms with Gasteiger partial charge in [-0.25, -0.2) is 13.4 Å². The third kappa shape index (κ3) is 3.99. The Bertz CT molecular complexity index is 1330. The van der Waals surface area contributed by atoms with Gasteiger partial charge in [0.1, 0.15) is 5.82 Å². The van der Waals surface area contributed by atoms with Crippen molar-refractivity contribution < 1.29 is 8.42 Å². The summed E-state index contributed by atoms with van der Waals surface area (Å²) in [4.78, 5) is 11.4. The average molecular weight is 433 g/mol. The maximum Gasteiger partial charge on any atom is 0.227 e. The Morgan fingerprint density at radius 3 is 2.55 bits per heavy atom. The molecular weight excluding hydrogens is 412 g/mol. The van der Waals surface area contributed by atoms with Gasteiger partial charge in [0, 0.05) is 43.0 Å². The molecule has 1 aliphatic heterocycles. The molecule has 9 heteroatoms. The maximum atomic E-state index is 11.8. The van der Waals surface area contributed by atoms with Crippen molar-refractivity contribution in [2.45, 2.75) is 18.0 Å². The van der Waals surface area contributed by atoms with E-state index in [1.807, 2.05) is 47.5 Å². The molecule has 0 aliphatic carbocycles. The third-order valence-electron chi connectivity index (χ3n) is 5.24. The van der Waals surface area contributed by atoms with E-state index < -0.39 is 9.84 Å². The molecule has 0 saturated carbocycles. The van der Waals surface area contributed by atoms with Crippen molar-refractivity contribution in [3.05, 3.63) is 78.2 Å². The fourth-order valence-electron chi connectivity index (χ4n) is 3.62. The molecule has 2 aromatic carbocycles. The Labute approximate surface area is 179 Å². The van der Waals surface area contributed by atoms with E-state index in [1.54, 1.807) is 24.5 Å². The number of rotatable bonds is 5. The third-order valence-corrected chi connectivity index (χ3v) is 6.35. The Morgan fingerprint density at radius 2 is 1.81 bits per heavy atom. The lowest BCUT2D eigenvalue weighted by Gasteiger charge is -2.16. The number of hydrogen-bond acceptors (Lipinski definition) is 7. The predicted octanol–water partition coefficient (Wildman–Crippen LogP) is 3.53. The number of hydrogen-bond donors (Lipinski definition) is 2. The van der Waals surface area contributed by atoms with E-state index >= 15 is 0 Å². The number of aromatic nitrogens is 4. The zero-order valence-electron chi connectivity index (χ0n) is 16.8. The Kier molecular flexibility index (Phi) is 4.67. The highest BCUT2D eigenvalue weighted by atomic mass is 32.2. The van der Waals surface area contributed by atoms with Crippen LogP contribution in [-0.4, -0.2) is 34.8 Å². The molecule has 156 valence electrons. The molecule has 3 heterocycles. The first kappa shape index (κ1) is 19.3. The highest BCUT2D eigenvalue weighted by molar-refractivity contribution is 7.90. The molecule has 31 heavy (non-hydrogen) atoms. The number of sulfone groups is 1. The van der Waals surface area contributed by atoms with E-state index in [0.29, 0.717) is 29.8 Å². The number of anilines is 3. The molecule has 0 spiro atoms. The fraction of sp³-hybridized carbons (Fsp3) is 0.136. The van der Waals surface area contributed by atoms with Gasteiger partial charge in [-0.2, -0.15) is 10.1 Å². The summed E-state index contributed by atoms with van der Waals surface area (Å²) < 4.78 is 23.7. The normalized spacial score (nSPS) is 13.3. The van der Waals surface area contributed by atoms with Crippen LogP contribution < -0.4 is 10.2 Å². The number of H-pyrrole nitrogens is 1. The highest BCUT2D eigenvalue weighted by Gasteiger charge is 2.23. The van der Waals surface area contributed by atoms with Crippen molar-refractivity contribution in [3.63, 3.8) is 0 Å². The van der Waals surface area contributed by atoms with Crippen molar-refractivity contribution in [3.8, 4) is 11.1 Å². The number of nitrogens with one attached hydrogen (secondary N) is 2. The van der Waals surface area contributed by atoms with Crippen LogP contribution in [0.25, 0.3) is 11.1 Å². The number of fused-ring (bicyclic) bond motifs is 1. The molecule has 0 bridgehead atoms. The van der Waals surface area contributed by atoms with Crippen LogP contribution in [0.1, 0.15) is 11.1 Å². The number of aromatic amines is 1. The van der Waals surface area contributed by atoms with Crippen molar-refractivity contribution in [1.29, 1.82) is 0 Å². The van der Waals surface area contributed by atoms with Gasteiger partial charge in [-0.3, -0.25) is 5.10 Å². The zero-order chi connectivity index (χ0) is 21.4. The topological polar surface area (TPSA) is 104 Å². The van der Waals surface area contributed by atoms with Crippen molar-refractivity contribution >= 4 is 27.3 Å². The fourth-order valence-corrected chi connectivity index (χ4v) is 4.29. The van der Waals surface area contributed by atoms with Crippen LogP contribution in [-0.2, 0) is 22.9 Å². The molecule has 0 atom stereocenters. The van der Waals surface area contributed by atoms with Crippen molar-refractivity contribution in [2.75, 3.05) is 16.5 Å². The van der Waals surface area contributed by atoms with Gasteiger partial charge in [0.05, 0.1) is 11.1 Å². The number of nitrogens with zero attached hydrogens (tertiary/aromatic N) is 4. The van der Waals surface area contributed by atoms with Crippen LogP contribution in [0.4, 0.5) is 17.5 Å². The Morgan fingerprint density at radius 1 is 1.00 bits per heavy atom. The molecule has 0 fully saturated rings. The van der Waals surface area contributed by atoms with Gasteiger partial charge in [-0.15, -0.1) is 0 Å². The second-order valence-electron chi connectivity index (χ2n) is 7.49. The maximum absolute atomic E-state index is 11.8. The molecule has 0 amide bonds. The molecule has 0 radical (unpaired) electrons. The Balaban J connectivity index is 1.32. The molecule has 2 N–H and O–H groups in total. The largest absolute Gasteiger partial charge is 0.340 e. The molecule has 8 nitrogen and oxygen atoms in total. The van der Waals surface area contributed by atoms with Crippen molar-refractivity contribution in [2.24, 2.45) is 0 Å². The lowest BCUT2D eigenvalue weighted by Crippen LogP contribution is -2.17. The van der Waals surface area contributed by atoms with E-state index in [0.717, 1.165) is 27.9 Å². The minimum atomic E-state index is -3.23. The van der Waals surface area contributed by atoms with Crippen LogP contribution in [0.2, 0.25) is 0 Å². The lowest BCUT2D eigenvalue weighted by atomic mass is 10.1. The molecule has 2 aromatic heterocycles. The summed E-state index contributed by atoms with van der Waals surface area (Å²) in [5, 5.41) is 10.1. The lowest BCUT2D eigenvalue weighted by molar-refractivity contribution is 0.602. The van der Waals surface area contributed by atoms with Crippen LogP contribution in [0.5, 0.6) is 0 Å². The summed E-state index contributed by atoms with van der Waals surface area (Å²) in [6, 6.07) is 15.1. The molecule has 1 aliphatic rings. The van der Waals surface area contributed by atoms with Crippen LogP contribution in [0.3, 0.4) is 0 Å². The van der Waals surface area contributed by atoms with Crippen molar-refractivity contribution in [1.82, 2.24) is 20.2 Å². The SMILES string of the molecule is CS(=O)(=O)c1ccc2c(c1)CN(c1nccc(Nc3ccc(-c4cn[nH]c4)cc3)n1)C2. The van der Waals surface area contributed by atoms with E-state index in [4.69, 9.17) is 0 Å². The van der Waals surface area contributed by atoms with Crippen LogP contribution in [0, 0.1) is 0 Å².